The normalized spacial score (nSPS) is 14.1. The van der Waals surface area contributed by atoms with E-state index in [-0.39, 0.29) is 10.6 Å². The summed E-state index contributed by atoms with van der Waals surface area (Å²) in [5.74, 6) is 0. The van der Waals surface area contributed by atoms with Crippen LogP contribution in [0.25, 0.3) is 0 Å². The maximum Gasteiger partial charge on any atom is 0.282 e. The Morgan fingerprint density at radius 2 is 1.80 bits per heavy atom. The highest BCUT2D eigenvalue weighted by Crippen LogP contribution is 2.27. The van der Waals surface area contributed by atoms with Crippen LogP contribution in [-0.2, 0) is 12.8 Å². The van der Waals surface area contributed by atoms with Crippen molar-refractivity contribution >= 4 is 34.0 Å². The Bertz CT molecular complexity index is 648. The molecule has 1 N–H and O–H groups in total. The molecule has 20 heavy (non-hydrogen) atoms. The Hall–Kier alpha value is -1.63. The van der Waals surface area contributed by atoms with Gasteiger partial charge in [-0.1, -0.05) is 24.3 Å². The molecule has 0 unspecified atom stereocenters. The lowest BCUT2D eigenvalue weighted by atomic mass is 10.1. The number of halogens is 1. The predicted molar refractivity (Wildman–Crippen MR) is 87.1 cm³/mol. The Morgan fingerprint density at radius 3 is 2.35 bits per heavy atom. The van der Waals surface area contributed by atoms with Crippen molar-refractivity contribution in [2.24, 2.45) is 0 Å². The summed E-state index contributed by atoms with van der Waals surface area (Å²) in [5.41, 5.74) is 3.88. The van der Waals surface area contributed by atoms with E-state index in [0.717, 1.165) is 18.5 Å². The van der Waals surface area contributed by atoms with E-state index in [1.807, 2.05) is 28.7 Å². The molecule has 1 aliphatic rings. The molecular weight excluding hydrogens is 367 g/mol. The number of anilines is 1. The zero-order valence-corrected chi connectivity index (χ0v) is 12.8. The van der Waals surface area contributed by atoms with Crippen LogP contribution in [0.2, 0.25) is 0 Å². The minimum absolute atomic E-state index is 0.158. The highest BCUT2D eigenvalue weighted by Gasteiger charge is 2.21. The lowest BCUT2D eigenvalue weighted by Crippen LogP contribution is -2.19. The molecule has 0 bridgehead atoms. The van der Waals surface area contributed by atoms with Crippen molar-refractivity contribution in [2.45, 2.75) is 18.9 Å². The first kappa shape index (κ1) is 13.4. The second kappa shape index (κ2) is 5.40. The Kier molecular flexibility index (Phi) is 3.60. The van der Waals surface area contributed by atoms with Crippen molar-refractivity contribution in [1.82, 2.24) is 0 Å². The molecule has 102 valence electrons. The fourth-order valence-electron chi connectivity index (χ4n) is 2.64. The van der Waals surface area contributed by atoms with Gasteiger partial charge in [0.15, 0.2) is 0 Å². The van der Waals surface area contributed by atoms with Gasteiger partial charge >= 0.3 is 0 Å². The highest BCUT2D eigenvalue weighted by molar-refractivity contribution is 14.1. The molecule has 0 radical (unpaired) electrons. The van der Waals surface area contributed by atoms with Crippen LogP contribution in [0.4, 0.5) is 11.4 Å². The first-order valence-electron chi connectivity index (χ1n) is 6.41. The molecule has 2 aromatic rings. The highest BCUT2D eigenvalue weighted by atomic mass is 127. The van der Waals surface area contributed by atoms with Crippen molar-refractivity contribution < 1.29 is 4.92 Å². The minimum Gasteiger partial charge on any atom is -0.382 e. The quantitative estimate of drug-likeness (QED) is 0.501. The molecule has 0 aliphatic heterocycles. The summed E-state index contributed by atoms with van der Waals surface area (Å²) in [6.45, 7) is 0. The van der Waals surface area contributed by atoms with Gasteiger partial charge in [0.05, 0.1) is 8.49 Å². The maximum absolute atomic E-state index is 10.8. The van der Waals surface area contributed by atoms with Crippen LogP contribution in [0, 0.1) is 13.7 Å². The van der Waals surface area contributed by atoms with Crippen molar-refractivity contribution in [3.63, 3.8) is 0 Å². The standard InChI is InChI=1S/C15H13IN2O2/c16-14-9-12(5-6-15(14)18(19)20)17-13-7-10-3-1-2-4-11(10)8-13/h1-6,9,13,17H,7-8H2. The number of nitrogens with zero attached hydrogens (tertiary/aromatic N) is 1. The van der Waals surface area contributed by atoms with E-state index < -0.39 is 0 Å². The van der Waals surface area contributed by atoms with E-state index in [1.54, 1.807) is 12.1 Å². The molecule has 5 heteroatoms. The van der Waals surface area contributed by atoms with Gasteiger partial charge in [0.25, 0.3) is 5.69 Å². The van der Waals surface area contributed by atoms with Crippen LogP contribution in [0.5, 0.6) is 0 Å². The summed E-state index contributed by atoms with van der Waals surface area (Å²) >= 11 is 2.01. The summed E-state index contributed by atoms with van der Waals surface area (Å²) in [6.07, 6.45) is 2.01. The summed E-state index contributed by atoms with van der Waals surface area (Å²) < 4.78 is 0.660. The van der Waals surface area contributed by atoms with Crippen molar-refractivity contribution in [2.75, 3.05) is 5.32 Å². The summed E-state index contributed by atoms with van der Waals surface area (Å²) in [5, 5.41) is 14.3. The molecule has 0 heterocycles. The van der Waals surface area contributed by atoms with Gasteiger partial charge in [0, 0.05) is 17.8 Å². The van der Waals surface area contributed by atoms with E-state index in [2.05, 4.69) is 29.6 Å². The number of fused-ring (bicyclic) bond motifs is 1. The first-order valence-corrected chi connectivity index (χ1v) is 7.48. The van der Waals surface area contributed by atoms with E-state index in [4.69, 9.17) is 0 Å². The van der Waals surface area contributed by atoms with Crippen LogP contribution in [0.1, 0.15) is 11.1 Å². The van der Waals surface area contributed by atoms with Crippen molar-refractivity contribution in [3.05, 3.63) is 67.3 Å². The number of nitrogens with one attached hydrogen (secondary N) is 1. The van der Waals surface area contributed by atoms with E-state index in [9.17, 15) is 10.1 Å². The zero-order chi connectivity index (χ0) is 14.1. The molecule has 0 saturated heterocycles. The maximum atomic E-state index is 10.8. The third kappa shape index (κ3) is 2.63. The van der Waals surface area contributed by atoms with Gasteiger partial charge < -0.3 is 5.32 Å². The van der Waals surface area contributed by atoms with Gasteiger partial charge in [0.1, 0.15) is 0 Å². The summed E-state index contributed by atoms with van der Waals surface area (Å²) in [4.78, 5) is 10.5. The Labute approximate surface area is 130 Å². The number of hydrogen-bond acceptors (Lipinski definition) is 3. The van der Waals surface area contributed by atoms with Crippen molar-refractivity contribution in [3.8, 4) is 0 Å². The van der Waals surface area contributed by atoms with E-state index in [0.29, 0.717) is 9.61 Å². The average molecular weight is 380 g/mol. The molecule has 3 rings (SSSR count). The fourth-order valence-corrected chi connectivity index (χ4v) is 3.35. The number of hydrogen-bond donors (Lipinski definition) is 1. The van der Waals surface area contributed by atoms with Gasteiger partial charge in [-0.2, -0.15) is 0 Å². The van der Waals surface area contributed by atoms with Gasteiger partial charge in [0.2, 0.25) is 0 Å². The van der Waals surface area contributed by atoms with Crippen LogP contribution in [0.3, 0.4) is 0 Å². The topological polar surface area (TPSA) is 55.2 Å². The molecule has 0 amide bonds. The number of benzene rings is 2. The summed E-state index contributed by atoms with van der Waals surface area (Å²) in [7, 11) is 0. The molecule has 4 nitrogen and oxygen atoms in total. The molecule has 0 saturated carbocycles. The van der Waals surface area contributed by atoms with Crippen LogP contribution >= 0.6 is 22.6 Å². The van der Waals surface area contributed by atoms with Gasteiger partial charge in [-0.05, 0) is 58.7 Å². The largest absolute Gasteiger partial charge is 0.382 e. The van der Waals surface area contributed by atoms with E-state index in [1.165, 1.54) is 11.1 Å². The van der Waals surface area contributed by atoms with Crippen LogP contribution in [-0.4, -0.2) is 11.0 Å². The number of nitro benzene ring substituents is 1. The third-order valence-electron chi connectivity index (χ3n) is 3.57. The van der Waals surface area contributed by atoms with Crippen LogP contribution in [0.15, 0.2) is 42.5 Å². The molecule has 2 aromatic carbocycles. The smallest absolute Gasteiger partial charge is 0.282 e. The van der Waals surface area contributed by atoms with Gasteiger partial charge in [-0.15, -0.1) is 0 Å². The van der Waals surface area contributed by atoms with E-state index >= 15 is 0 Å². The first-order chi connectivity index (χ1) is 9.63. The van der Waals surface area contributed by atoms with Gasteiger partial charge in [-0.25, -0.2) is 0 Å². The third-order valence-corrected chi connectivity index (χ3v) is 4.43. The predicted octanol–water partition coefficient (Wildman–Crippen LogP) is 3.78. The Balaban J connectivity index is 1.74. The monoisotopic (exact) mass is 380 g/mol. The molecule has 1 aliphatic carbocycles. The second-order valence-electron chi connectivity index (χ2n) is 4.94. The lowest BCUT2D eigenvalue weighted by Gasteiger charge is -2.13. The van der Waals surface area contributed by atoms with Crippen LogP contribution < -0.4 is 5.32 Å². The van der Waals surface area contributed by atoms with Gasteiger partial charge in [-0.3, -0.25) is 10.1 Å². The minimum atomic E-state index is -0.350. The molecule has 0 atom stereocenters. The molecule has 0 fully saturated rings. The number of rotatable bonds is 3. The summed E-state index contributed by atoms with van der Waals surface area (Å²) in [6, 6.07) is 14.0. The fraction of sp³-hybridized carbons (Fsp3) is 0.200. The molecule has 0 aromatic heterocycles. The molecular formula is C15H13IN2O2. The Morgan fingerprint density at radius 1 is 1.15 bits per heavy atom. The SMILES string of the molecule is O=[N+]([O-])c1ccc(NC2Cc3ccccc3C2)cc1I. The number of nitro groups is 1. The second-order valence-corrected chi connectivity index (χ2v) is 6.10. The average Bonchev–Trinajstić information content (AvgIpc) is 2.80. The van der Waals surface area contributed by atoms with Crippen molar-refractivity contribution in [1.29, 1.82) is 0 Å². The molecule has 0 spiro atoms. The lowest BCUT2D eigenvalue weighted by molar-refractivity contribution is -0.385. The zero-order valence-electron chi connectivity index (χ0n) is 10.7.